The van der Waals surface area contributed by atoms with Crippen LogP contribution in [-0.4, -0.2) is 71.8 Å². The molecule has 5 atom stereocenters. The van der Waals surface area contributed by atoms with Gasteiger partial charge in [0.25, 0.3) is 0 Å². The van der Waals surface area contributed by atoms with Crippen LogP contribution in [0.25, 0.3) is 11.1 Å². The van der Waals surface area contributed by atoms with E-state index in [4.69, 9.17) is 0 Å². The van der Waals surface area contributed by atoms with Crippen molar-refractivity contribution in [2.24, 2.45) is 0 Å². The number of aldehydes is 1. The summed E-state index contributed by atoms with van der Waals surface area (Å²) >= 11 is 1.88. The summed E-state index contributed by atoms with van der Waals surface area (Å²) in [4.78, 5) is 62.3. The van der Waals surface area contributed by atoms with Gasteiger partial charge >= 0.3 is 6.03 Å². The Morgan fingerprint density at radius 2 is 1.52 bits per heavy atom. The fourth-order valence-corrected chi connectivity index (χ4v) is 8.02. The van der Waals surface area contributed by atoms with Crippen molar-refractivity contribution in [3.63, 3.8) is 0 Å². The van der Waals surface area contributed by atoms with Crippen molar-refractivity contribution < 1.29 is 24.0 Å². The average molecular weight is 698 g/mol. The molecule has 11 heteroatoms. The number of benzene rings is 3. The summed E-state index contributed by atoms with van der Waals surface area (Å²) in [6.07, 6.45) is 6.02. The molecule has 0 spiro atoms. The monoisotopic (exact) mass is 697 g/mol. The Bertz CT molecular complexity index is 1570. The molecule has 3 aromatic carbocycles. The number of hydrogen-bond donors (Lipinski definition) is 5. The Labute approximate surface area is 298 Å². The van der Waals surface area contributed by atoms with Crippen molar-refractivity contribution in [2.45, 2.75) is 87.2 Å². The third kappa shape index (κ3) is 11.2. The number of fused-ring (bicyclic) bond motifs is 1. The maximum absolute atomic E-state index is 13.4. The van der Waals surface area contributed by atoms with Gasteiger partial charge in [0.05, 0.1) is 24.5 Å². The van der Waals surface area contributed by atoms with Crippen LogP contribution < -0.4 is 26.6 Å². The highest BCUT2D eigenvalue weighted by molar-refractivity contribution is 8.00. The highest BCUT2D eigenvalue weighted by Gasteiger charge is 2.42. The maximum atomic E-state index is 13.4. The van der Waals surface area contributed by atoms with E-state index in [0.29, 0.717) is 37.5 Å². The molecule has 2 aliphatic heterocycles. The molecule has 2 heterocycles. The molecule has 0 bridgehead atoms. The zero-order valence-electron chi connectivity index (χ0n) is 28.3. The van der Waals surface area contributed by atoms with E-state index >= 15 is 0 Å². The molecule has 2 saturated heterocycles. The highest BCUT2D eigenvalue weighted by atomic mass is 32.2. The van der Waals surface area contributed by atoms with Crippen LogP contribution in [0.4, 0.5) is 4.79 Å². The van der Waals surface area contributed by atoms with Gasteiger partial charge in [0.15, 0.2) is 0 Å². The summed E-state index contributed by atoms with van der Waals surface area (Å²) in [5.41, 5.74) is 3.88. The Hall–Kier alpha value is -4.64. The van der Waals surface area contributed by atoms with Crippen molar-refractivity contribution in [2.75, 3.05) is 12.3 Å². The predicted octanol–water partition coefficient (Wildman–Crippen LogP) is 4.32. The molecule has 2 aliphatic rings. The van der Waals surface area contributed by atoms with Crippen molar-refractivity contribution in [1.29, 1.82) is 0 Å². The minimum atomic E-state index is -0.850. The number of hydrogen-bond acceptors (Lipinski definition) is 6. The van der Waals surface area contributed by atoms with Crippen molar-refractivity contribution >= 4 is 41.8 Å². The molecule has 50 heavy (non-hydrogen) atoms. The lowest BCUT2D eigenvalue weighted by molar-refractivity contribution is -0.129. The second-order valence-electron chi connectivity index (χ2n) is 13.0. The molecule has 3 unspecified atom stereocenters. The van der Waals surface area contributed by atoms with Crippen LogP contribution in [0.3, 0.4) is 0 Å². The van der Waals surface area contributed by atoms with Crippen LogP contribution in [0, 0.1) is 0 Å². The van der Waals surface area contributed by atoms with Crippen LogP contribution in [0.1, 0.15) is 56.1 Å². The predicted molar refractivity (Wildman–Crippen MR) is 196 cm³/mol. The van der Waals surface area contributed by atoms with E-state index in [1.165, 1.54) is 0 Å². The molecule has 0 radical (unpaired) electrons. The zero-order valence-corrected chi connectivity index (χ0v) is 29.1. The van der Waals surface area contributed by atoms with Crippen LogP contribution in [0.5, 0.6) is 0 Å². The summed E-state index contributed by atoms with van der Waals surface area (Å²) < 4.78 is 0. The summed E-state index contributed by atoms with van der Waals surface area (Å²) in [5.74, 6) is 0.243. The van der Waals surface area contributed by atoms with Crippen molar-refractivity contribution in [3.8, 4) is 11.1 Å². The number of amides is 5. The molecule has 5 rings (SSSR count). The molecule has 0 aromatic heterocycles. The first kappa shape index (κ1) is 36.6. The van der Waals surface area contributed by atoms with Gasteiger partial charge in [0.1, 0.15) is 12.3 Å². The average Bonchev–Trinajstić information content (AvgIpc) is 3.69. The van der Waals surface area contributed by atoms with E-state index in [1.807, 2.05) is 96.7 Å². The van der Waals surface area contributed by atoms with Crippen LogP contribution >= 0.6 is 11.8 Å². The van der Waals surface area contributed by atoms with E-state index in [-0.39, 0.29) is 42.8 Å². The molecule has 5 N–H and O–H groups in total. The Kier molecular flexibility index (Phi) is 13.9. The molecule has 0 saturated carbocycles. The van der Waals surface area contributed by atoms with Gasteiger partial charge in [-0.3, -0.25) is 14.4 Å². The third-order valence-electron chi connectivity index (χ3n) is 9.20. The van der Waals surface area contributed by atoms with E-state index in [1.54, 1.807) is 0 Å². The lowest BCUT2D eigenvalue weighted by atomic mass is 10.0. The molecule has 0 aliphatic carbocycles. The largest absolute Gasteiger partial charge is 0.356 e. The Morgan fingerprint density at radius 1 is 0.800 bits per heavy atom. The normalized spacial score (nSPS) is 19.0. The van der Waals surface area contributed by atoms with Gasteiger partial charge < -0.3 is 31.4 Å². The van der Waals surface area contributed by atoms with Gasteiger partial charge in [0, 0.05) is 30.4 Å². The SMILES string of the molecule is O=C[C@H](CCCCNC(=O)CCCCC1SCC2NC(=O)NC21)NC(=O)[C@H](Cc1ccccc1)NC(=O)Cc1ccc(-c2ccccc2)cc1. The lowest BCUT2D eigenvalue weighted by Crippen LogP contribution is -2.51. The van der Waals surface area contributed by atoms with Gasteiger partial charge in [-0.15, -0.1) is 0 Å². The first-order chi connectivity index (χ1) is 24.4. The first-order valence-electron chi connectivity index (χ1n) is 17.6. The van der Waals surface area contributed by atoms with Crippen LogP contribution in [0.15, 0.2) is 84.9 Å². The number of nitrogens with one attached hydrogen (secondary N) is 5. The van der Waals surface area contributed by atoms with E-state index in [2.05, 4.69) is 26.6 Å². The van der Waals surface area contributed by atoms with Gasteiger partial charge in [-0.2, -0.15) is 11.8 Å². The lowest BCUT2D eigenvalue weighted by Gasteiger charge is -2.21. The summed E-state index contributed by atoms with van der Waals surface area (Å²) in [6.45, 7) is 0.497. The number of carbonyl (C=O) groups is 5. The second kappa shape index (κ2) is 18.9. The van der Waals surface area contributed by atoms with Gasteiger partial charge in [-0.25, -0.2) is 4.79 Å². The Morgan fingerprint density at radius 3 is 2.26 bits per heavy atom. The molecule has 5 amide bonds. The van der Waals surface area contributed by atoms with E-state index in [9.17, 15) is 24.0 Å². The minimum absolute atomic E-state index is 0.00432. The second-order valence-corrected chi connectivity index (χ2v) is 14.3. The fraction of sp³-hybridized carbons (Fsp3) is 0.410. The van der Waals surface area contributed by atoms with Crippen LogP contribution in [0.2, 0.25) is 0 Å². The van der Waals surface area contributed by atoms with Crippen LogP contribution in [-0.2, 0) is 32.0 Å². The Balaban J connectivity index is 1.01. The zero-order chi connectivity index (χ0) is 35.1. The summed E-state index contributed by atoms with van der Waals surface area (Å²) in [7, 11) is 0. The number of thioether (sulfide) groups is 1. The quantitative estimate of drug-likeness (QED) is 0.0717. The van der Waals surface area contributed by atoms with Gasteiger partial charge in [0.2, 0.25) is 17.7 Å². The number of urea groups is 1. The van der Waals surface area contributed by atoms with E-state index < -0.39 is 18.0 Å². The maximum Gasteiger partial charge on any atom is 0.315 e. The molecule has 10 nitrogen and oxygen atoms in total. The number of rotatable bonds is 19. The highest BCUT2D eigenvalue weighted by Crippen LogP contribution is 2.33. The topological polar surface area (TPSA) is 146 Å². The third-order valence-corrected chi connectivity index (χ3v) is 10.7. The number of carbonyl (C=O) groups excluding carboxylic acids is 5. The van der Waals surface area contributed by atoms with Crippen molar-refractivity contribution in [1.82, 2.24) is 26.6 Å². The smallest absolute Gasteiger partial charge is 0.315 e. The summed E-state index contributed by atoms with van der Waals surface area (Å²) in [5, 5.41) is 15.0. The molecule has 3 aromatic rings. The molecule has 264 valence electrons. The van der Waals surface area contributed by atoms with Gasteiger partial charge in [-0.05, 0) is 54.4 Å². The molecular weight excluding hydrogens is 651 g/mol. The first-order valence-corrected chi connectivity index (χ1v) is 18.6. The number of unbranched alkanes of at least 4 members (excludes halogenated alkanes) is 2. The van der Waals surface area contributed by atoms with E-state index in [0.717, 1.165) is 53.6 Å². The molecule has 2 fully saturated rings. The minimum Gasteiger partial charge on any atom is -0.356 e. The fourth-order valence-electron chi connectivity index (χ4n) is 6.47. The van der Waals surface area contributed by atoms with Gasteiger partial charge in [-0.1, -0.05) is 91.3 Å². The molecular formula is C39H47N5O5S. The summed E-state index contributed by atoms with van der Waals surface area (Å²) in [6, 6.07) is 26.0. The van der Waals surface area contributed by atoms with Crippen molar-refractivity contribution in [3.05, 3.63) is 96.1 Å². The standard InChI is InChI=1S/C39H47N5O5S/c45-25-31(15-9-10-22-40-35(46)17-8-7-16-34-37-33(26-50-34)43-39(49)44-37)41-38(48)32(23-27-11-3-1-4-12-27)42-36(47)24-28-18-20-30(21-19-28)29-13-5-2-6-14-29/h1-6,11-14,18-21,25,31-34,37H,7-10,15-17,22-24,26H2,(H,40,46)(H,41,48)(H,42,47)(H2,43,44,49)/t31-,32-,33?,34?,37?/m0/s1.